The Morgan fingerprint density at radius 2 is 1.82 bits per heavy atom. The standard InChI is InChI=1S/C17H34N4.HI/c1-14-7-10-21(11-8-14)16(18)19-13-17(20(3)4)9-5-6-15(2)12-17;/h14-15H,5-13H2,1-4H3,(H2,18,19);1H. The first-order valence-corrected chi connectivity index (χ1v) is 8.65. The van der Waals surface area contributed by atoms with E-state index in [-0.39, 0.29) is 29.5 Å². The summed E-state index contributed by atoms with van der Waals surface area (Å²) in [7, 11) is 4.40. The lowest BCUT2D eigenvalue weighted by Crippen LogP contribution is -2.51. The van der Waals surface area contributed by atoms with Gasteiger partial charge in [0.1, 0.15) is 0 Å². The molecule has 1 aliphatic heterocycles. The quantitative estimate of drug-likeness (QED) is 0.432. The highest BCUT2D eigenvalue weighted by molar-refractivity contribution is 14.0. The van der Waals surface area contributed by atoms with Gasteiger partial charge in [-0.25, -0.2) is 0 Å². The number of likely N-dealkylation sites (tertiary alicyclic amines) is 1. The molecule has 2 fully saturated rings. The molecule has 0 aromatic carbocycles. The number of rotatable bonds is 3. The van der Waals surface area contributed by atoms with Gasteiger partial charge in [0.05, 0.1) is 6.54 Å². The normalized spacial score (nSPS) is 31.2. The number of nitrogens with two attached hydrogens (primary N) is 1. The van der Waals surface area contributed by atoms with E-state index in [1.54, 1.807) is 0 Å². The van der Waals surface area contributed by atoms with Crippen LogP contribution in [0, 0.1) is 11.8 Å². The number of nitrogens with zero attached hydrogens (tertiary/aromatic N) is 3. The maximum absolute atomic E-state index is 6.26. The molecule has 2 aliphatic rings. The van der Waals surface area contributed by atoms with Crippen LogP contribution in [0.2, 0.25) is 0 Å². The summed E-state index contributed by atoms with van der Waals surface area (Å²) >= 11 is 0. The van der Waals surface area contributed by atoms with Crippen LogP contribution in [-0.4, -0.2) is 55.0 Å². The van der Waals surface area contributed by atoms with Crippen LogP contribution in [0.5, 0.6) is 0 Å². The maximum atomic E-state index is 6.26. The van der Waals surface area contributed by atoms with E-state index in [1.807, 2.05) is 0 Å². The molecule has 4 nitrogen and oxygen atoms in total. The number of halogens is 1. The van der Waals surface area contributed by atoms with E-state index in [0.29, 0.717) is 0 Å². The van der Waals surface area contributed by atoms with Crippen LogP contribution in [0.3, 0.4) is 0 Å². The minimum atomic E-state index is 0. The molecule has 0 aromatic heterocycles. The van der Waals surface area contributed by atoms with Crippen molar-refractivity contribution in [2.24, 2.45) is 22.6 Å². The summed E-state index contributed by atoms with van der Waals surface area (Å²) in [5.41, 5.74) is 6.48. The summed E-state index contributed by atoms with van der Waals surface area (Å²) < 4.78 is 0. The summed E-state index contributed by atoms with van der Waals surface area (Å²) in [5, 5.41) is 0. The molecule has 0 radical (unpaired) electrons. The van der Waals surface area contributed by atoms with Crippen LogP contribution >= 0.6 is 24.0 Å². The van der Waals surface area contributed by atoms with Crippen molar-refractivity contribution in [2.75, 3.05) is 33.7 Å². The van der Waals surface area contributed by atoms with E-state index in [0.717, 1.165) is 37.4 Å². The third-order valence-electron chi connectivity index (χ3n) is 5.66. The van der Waals surface area contributed by atoms with Gasteiger partial charge in [0, 0.05) is 18.6 Å². The molecule has 2 atom stereocenters. The molecule has 1 heterocycles. The fourth-order valence-corrected chi connectivity index (χ4v) is 3.89. The van der Waals surface area contributed by atoms with Crippen molar-refractivity contribution >= 4 is 29.9 Å². The van der Waals surface area contributed by atoms with E-state index in [4.69, 9.17) is 10.7 Å². The SMILES string of the molecule is CC1CCN(C(N)=NCC2(N(C)C)CCCC(C)C2)CC1.I. The first-order chi connectivity index (χ1) is 9.93. The smallest absolute Gasteiger partial charge is 0.191 e. The summed E-state index contributed by atoms with van der Waals surface area (Å²) in [6.07, 6.45) is 7.65. The predicted octanol–water partition coefficient (Wildman–Crippen LogP) is 3.16. The molecular weight excluding hydrogens is 387 g/mol. The minimum absolute atomic E-state index is 0. The number of hydrogen-bond acceptors (Lipinski definition) is 2. The highest BCUT2D eigenvalue weighted by Gasteiger charge is 2.37. The van der Waals surface area contributed by atoms with Gasteiger partial charge in [-0.3, -0.25) is 4.99 Å². The van der Waals surface area contributed by atoms with Gasteiger partial charge in [-0.1, -0.05) is 26.7 Å². The van der Waals surface area contributed by atoms with E-state index >= 15 is 0 Å². The number of likely N-dealkylation sites (N-methyl/N-ethyl adjacent to an activating group) is 1. The zero-order chi connectivity index (χ0) is 15.5. The van der Waals surface area contributed by atoms with Crippen molar-refractivity contribution in [1.82, 2.24) is 9.80 Å². The molecule has 1 saturated heterocycles. The van der Waals surface area contributed by atoms with Gasteiger partial charge in [-0.15, -0.1) is 24.0 Å². The first kappa shape index (κ1) is 20.0. The second kappa shape index (κ2) is 8.71. The van der Waals surface area contributed by atoms with E-state index in [1.165, 1.54) is 38.5 Å². The molecule has 5 heteroatoms. The van der Waals surface area contributed by atoms with Gasteiger partial charge in [-0.05, 0) is 51.6 Å². The lowest BCUT2D eigenvalue weighted by atomic mass is 9.75. The molecule has 2 N–H and O–H groups in total. The van der Waals surface area contributed by atoms with Gasteiger partial charge < -0.3 is 15.5 Å². The summed E-state index contributed by atoms with van der Waals surface area (Å²) in [6.45, 7) is 7.69. The Morgan fingerprint density at radius 1 is 1.18 bits per heavy atom. The van der Waals surface area contributed by atoms with Crippen LogP contribution < -0.4 is 5.73 Å². The van der Waals surface area contributed by atoms with Gasteiger partial charge in [0.2, 0.25) is 0 Å². The summed E-state index contributed by atoms with van der Waals surface area (Å²) in [4.78, 5) is 9.46. The van der Waals surface area contributed by atoms with Crippen molar-refractivity contribution in [1.29, 1.82) is 0 Å². The van der Waals surface area contributed by atoms with Crippen LogP contribution in [0.15, 0.2) is 4.99 Å². The summed E-state index contributed by atoms with van der Waals surface area (Å²) in [6, 6.07) is 0. The second-order valence-corrected chi connectivity index (χ2v) is 7.66. The Kier molecular flexibility index (Phi) is 7.92. The average molecular weight is 422 g/mol. The molecular formula is C17H35IN4. The third kappa shape index (κ3) is 4.98. The van der Waals surface area contributed by atoms with Crippen LogP contribution in [0.4, 0.5) is 0 Å². The van der Waals surface area contributed by atoms with Gasteiger partial charge >= 0.3 is 0 Å². The Hall–Kier alpha value is -0.0400. The van der Waals surface area contributed by atoms with Crippen molar-refractivity contribution < 1.29 is 0 Å². The molecule has 0 bridgehead atoms. The predicted molar refractivity (Wildman–Crippen MR) is 106 cm³/mol. The van der Waals surface area contributed by atoms with Gasteiger partial charge in [-0.2, -0.15) is 0 Å². The van der Waals surface area contributed by atoms with Gasteiger partial charge in [0.15, 0.2) is 5.96 Å². The Bertz CT molecular complexity index is 364. The lowest BCUT2D eigenvalue weighted by molar-refractivity contribution is 0.0842. The van der Waals surface area contributed by atoms with Crippen molar-refractivity contribution in [3.05, 3.63) is 0 Å². The molecule has 1 aliphatic carbocycles. The highest BCUT2D eigenvalue weighted by atomic mass is 127. The maximum Gasteiger partial charge on any atom is 0.191 e. The fraction of sp³-hybridized carbons (Fsp3) is 0.941. The van der Waals surface area contributed by atoms with Crippen LogP contribution in [0.1, 0.15) is 52.4 Å². The highest BCUT2D eigenvalue weighted by Crippen LogP contribution is 2.36. The zero-order valence-electron chi connectivity index (χ0n) is 14.8. The number of aliphatic imine (C=N–C) groups is 1. The van der Waals surface area contributed by atoms with E-state index in [9.17, 15) is 0 Å². The molecule has 1 saturated carbocycles. The molecule has 2 unspecified atom stereocenters. The Balaban J connectivity index is 0.00000242. The fourth-order valence-electron chi connectivity index (χ4n) is 3.89. The molecule has 22 heavy (non-hydrogen) atoms. The number of guanidine groups is 1. The largest absolute Gasteiger partial charge is 0.370 e. The Labute approximate surface area is 153 Å². The van der Waals surface area contributed by atoms with Crippen molar-refractivity contribution in [3.8, 4) is 0 Å². The molecule has 0 spiro atoms. The summed E-state index contributed by atoms with van der Waals surface area (Å²) in [5.74, 6) is 2.40. The zero-order valence-corrected chi connectivity index (χ0v) is 17.2. The first-order valence-electron chi connectivity index (χ1n) is 8.65. The van der Waals surface area contributed by atoms with Crippen LogP contribution in [0.25, 0.3) is 0 Å². The topological polar surface area (TPSA) is 44.9 Å². The van der Waals surface area contributed by atoms with Gasteiger partial charge in [0.25, 0.3) is 0 Å². The van der Waals surface area contributed by atoms with Crippen molar-refractivity contribution in [2.45, 2.75) is 57.9 Å². The molecule has 0 aromatic rings. The lowest BCUT2D eigenvalue weighted by Gasteiger charge is -2.44. The second-order valence-electron chi connectivity index (χ2n) is 7.66. The Morgan fingerprint density at radius 3 is 2.36 bits per heavy atom. The van der Waals surface area contributed by atoms with E-state index in [2.05, 4.69) is 37.7 Å². The van der Waals surface area contributed by atoms with Crippen LogP contribution in [-0.2, 0) is 0 Å². The molecule has 2 rings (SSSR count). The van der Waals surface area contributed by atoms with Crippen molar-refractivity contribution in [3.63, 3.8) is 0 Å². The minimum Gasteiger partial charge on any atom is -0.370 e. The average Bonchev–Trinajstić information content (AvgIpc) is 2.45. The molecule has 130 valence electrons. The number of piperidine rings is 1. The molecule has 0 amide bonds. The number of hydrogen-bond donors (Lipinski definition) is 1. The van der Waals surface area contributed by atoms with E-state index < -0.39 is 0 Å². The monoisotopic (exact) mass is 422 g/mol. The third-order valence-corrected chi connectivity index (χ3v) is 5.66.